The molecule has 24 heavy (non-hydrogen) atoms. The fraction of sp³-hybridized carbons (Fsp3) is 0.500. The van der Waals surface area contributed by atoms with E-state index in [1.54, 1.807) is 24.3 Å². The molecule has 1 heterocycles. The number of amides is 1. The van der Waals surface area contributed by atoms with Gasteiger partial charge in [-0.2, -0.15) is 0 Å². The van der Waals surface area contributed by atoms with E-state index >= 15 is 0 Å². The Morgan fingerprint density at radius 2 is 2.12 bits per heavy atom. The van der Waals surface area contributed by atoms with E-state index < -0.39 is 5.91 Å². The Hall–Kier alpha value is -2.21. The van der Waals surface area contributed by atoms with E-state index in [4.69, 9.17) is 4.74 Å². The predicted octanol–water partition coefficient (Wildman–Crippen LogP) is 2.25. The predicted molar refractivity (Wildman–Crippen MR) is 92.1 cm³/mol. The molecule has 1 aromatic carbocycles. The number of fused-ring (bicyclic) bond motifs is 1. The molecule has 1 amide bonds. The van der Waals surface area contributed by atoms with Crippen LogP contribution in [-0.2, 0) is 4.74 Å². The molecular weight excluding hydrogens is 306 g/mol. The molecule has 2 N–H and O–H groups in total. The zero-order valence-electron chi connectivity index (χ0n) is 13.9. The van der Waals surface area contributed by atoms with Gasteiger partial charge < -0.3 is 15.0 Å². The second kappa shape index (κ2) is 7.57. The van der Waals surface area contributed by atoms with Gasteiger partial charge in [-0.15, -0.1) is 0 Å². The third-order valence-electron chi connectivity index (χ3n) is 4.58. The lowest BCUT2D eigenvalue weighted by Gasteiger charge is -2.28. The Bertz CT molecular complexity index is 771. The number of nitrogens with zero attached hydrogens (tertiary/aromatic N) is 1. The monoisotopic (exact) mass is 329 g/mol. The van der Waals surface area contributed by atoms with E-state index in [0.717, 1.165) is 6.42 Å². The normalized spacial score (nSPS) is 20.9. The van der Waals surface area contributed by atoms with E-state index in [1.165, 1.54) is 19.3 Å². The number of carbonyl (C=O) groups is 1. The van der Waals surface area contributed by atoms with Crippen LogP contribution in [0.5, 0.6) is 0 Å². The van der Waals surface area contributed by atoms with Crippen molar-refractivity contribution >= 4 is 16.8 Å². The van der Waals surface area contributed by atoms with Crippen LogP contribution in [0.25, 0.3) is 10.9 Å². The Morgan fingerprint density at radius 1 is 1.33 bits per heavy atom. The van der Waals surface area contributed by atoms with Crippen LogP contribution in [0, 0.1) is 5.92 Å². The number of para-hydroxylation sites is 1. The molecule has 0 radical (unpaired) electrons. The molecular formula is C18H23N3O3. The first-order chi connectivity index (χ1) is 11.6. The molecule has 2 atom stereocenters. The van der Waals surface area contributed by atoms with Gasteiger partial charge in [0.15, 0.2) is 5.82 Å². The first-order valence-electron chi connectivity index (χ1n) is 8.54. The highest BCUT2D eigenvalue weighted by atomic mass is 16.5. The average Bonchev–Trinajstić information content (AvgIpc) is 2.60. The van der Waals surface area contributed by atoms with Gasteiger partial charge in [-0.05, 0) is 30.9 Å². The lowest BCUT2D eigenvalue weighted by atomic mass is 9.88. The first kappa shape index (κ1) is 16.6. The van der Waals surface area contributed by atoms with Crippen LogP contribution in [0.3, 0.4) is 0 Å². The molecule has 1 aliphatic carbocycles. The third-order valence-corrected chi connectivity index (χ3v) is 4.58. The topological polar surface area (TPSA) is 84.1 Å². The van der Waals surface area contributed by atoms with Crippen LogP contribution in [0.1, 0.15) is 43.2 Å². The van der Waals surface area contributed by atoms with Crippen molar-refractivity contribution in [1.29, 1.82) is 0 Å². The number of carbonyl (C=O) groups excluding carboxylic acids is 1. The highest BCUT2D eigenvalue weighted by molar-refractivity contribution is 5.92. The number of benzene rings is 1. The van der Waals surface area contributed by atoms with Crippen LogP contribution in [-0.4, -0.2) is 35.1 Å². The van der Waals surface area contributed by atoms with Gasteiger partial charge in [0.1, 0.15) is 0 Å². The van der Waals surface area contributed by atoms with Gasteiger partial charge in [-0.1, -0.05) is 31.9 Å². The van der Waals surface area contributed by atoms with Crippen LogP contribution in [0.15, 0.2) is 29.1 Å². The Morgan fingerprint density at radius 3 is 2.96 bits per heavy atom. The van der Waals surface area contributed by atoms with Crippen molar-refractivity contribution in [3.63, 3.8) is 0 Å². The standard InChI is InChI=1S/C18H23N3O3/c1-12-6-2-5-9-15(12)24-11-10-19-18(23)16-20-14-8-4-3-7-13(14)17(22)21-16/h3-4,7-8,12,15H,2,5-6,9-11H2,1H3,(H,19,23)(H,20,21,22)/t12-,15+/m1/s1. The van der Waals surface area contributed by atoms with Crippen molar-refractivity contribution in [3.8, 4) is 0 Å². The number of rotatable bonds is 5. The Labute approximate surface area is 140 Å². The summed E-state index contributed by atoms with van der Waals surface area (Å²) in [4.78, 5) is 30.9. The third kappa shape index (κ3) is 3.82. The van der Waals surface area contributed by atoms with Crippen LogP contribution in [0.2, 0.25) is 0 Å². The number of aromatic nitrogens is 2. The Kier molecular flexibility index (Phi) is 5.25. The van der Waals surface area contributed by atoms with Crippen molar-refractivity contribution in [2.24, 2.45) is 5.92 Å². The lowest BCUT2D eigenvalue weighted by molar-refractivity contribution is -0.00296. The molecule has 2 aromatic rings. The molecule has 3 rings (SSSR count). The number of ether oxygens (including phenoxy) is 1. The quantitative estimate of drug-likeness (QED) is 0.824. The maximum atomic E-state index is 12.2. The van der Waals surface area contributed by atoms with Crippen molar-refractivity contribution in [2.45, 2.75) is 38.7 Å². The molecule has 1 saturated carbocycles. The van der Waals surface area contributed by atoms with E-state index in [9.17, 15) is 9.59 Å². The fourth-order valence-electron chi connectivity index (χ4n) is 3.18. The highest BCUT2D eigenvalue weighted by Crippen LogP contribution is 2.25. The van der Waals surface area contributed by atoms with Gasteiger partial charge in [-0.25, -0.2) is 4.98 Å². The van der Waals surface area contributed by atoms with Gasteiger partial charge in [-0.3, -0.25) is 9.59 Å². The second-order valence-corrected chi connectivity index (χ2v) is 6.36. The van der Waals surface area contributed by atoms with Gasteiger partial charge in [0, 0.05) is 6.54 Å². The minimum absolute atomic E-state index is 0.0322. The maximum absolute atomic E-state index is 12.2. The molecule has 0 aliphatic heterocycles. The molecule has 0 bridgehead atoms. The summed E-state index contributed by atoms with van der Waals surface area (Å²) in [5, 5.41) is 3.22. The molecule has 6 heteroatoms. The Balaban J connectivity index is 1.54. The first-order valence-corrected chi connectivity index (χ1v) is 8.54. The molecule has 0 saturated heterocycles. The number of nitrogens with one attached hydrogen (secondary N) is 2. The number of H-pyrrole nitrogens is 1. The highest BCUT2D eigenvalue weighted by Gasteiger charge is 2.21. The SMILES string of the molecule is C[C@@H]1CCCC[C@@H]1OCCNC(=O)c1nc2ccccc2c(=O)[nH]1. The van der Waals surface area contributed by atoms with Gasteiger partial charge in [0.2, 0.25) is 0 Å². The van der Waals surface area contributed by atoms with E-state index in [1.807, 2.05) is 0 Å². The summed E-state index contributed by atoms with van der Waals surface area (Å²) < 4.78 is 5.87. The molecule has 1 aromatic heterocycles. The number of aromatic amines is 1. The van der Waals surface area contributed by atoms with Gasteiger partial charge in [0.25, 0.3) is 11.5 Å². The summed E-state index contributed by atoms with van der Waals surface area (Å²) >= 11 is 0. The lowest BCUT2D eigenvalue weighted by Crippen LogP contribution is -2.33. The largest absolute Gasteiger partial charge is 0.376 e. The average molecular weight is 329 g/mol. The second-order valence-electron chi connectivity index (χ2n) is 6.36. The van der Waals surface area contributed by atoms with Crippen molar-refractivity contribution in [2.75, 3.05) is 13.2 Å². The van der Waals surface area contributed by atoms with Gasteiger partial charge in [0.05, 0.1) is 23.6 Å². The molecule has 0 spiro atoms. The summed E-state index contributed by atoms with van der Waals surface area (Å²) in [6.45, 7) is 3.09. The summed E-state index contributed by atoms with van der Waals surface area (Å²) in [6, 6.07) is 6.95. The van der Waals surface area contributed by atoms with E-state index in [0.29, 0.717) is 30.0 Å². The zero-order chi connectivity index (χ0) is 16.9. The molecule has 0 unspecified atom stereocenters. The minimum Gasteiger partial charge on any atom is -0.376 e. The molecule has 128 valence electrons. The molecule has 6 nitrogen and oxygen atoms in total. The van der Waals surface area contributed by atoms with Gasteiger partial charge >= 0.3 is 0 Å². The fourth-order valence-corrected chi connectivity index (χ4v) is 3.18. The van der Waals surface area contributed by atoms with Crippen LogP contribution < -0.4 is 10.9 Å². The van der Waals surface area contributed by atoms with Crippen molar-refractivity contribution in [3.05, 3.63) is 40.4 Å². The summed E-state index contributed by atoms with van der Waals surface area (Å²) in [5.74, 6) is 0.218. The molecule has 1 aliphatic rings. The number of hydrogen-bond acceptors (Lipinski definition) is 4. The van der Waals surface area contributed by atoms with E-state index in [-0.39, 0.29) is 17.5 Å². The van der Waals surface area contributed by atoms with Crippen molar-refractivity contribution < 1.29 is 9.53 Å². The molecule has 1 fully saturated rings. The smallest absolute Gasteiger partial charge is 0.287 e. The zero-order valence-corrected chi connectivity index (χ0v) is 13.9. The minimum atomic E-state index is -0.391. The summed E-state index contributed by atoms with van der Waals surface area (Å²) in [5.41, 5.74) is 0.205. The van der Waals surface area contributed by atoms with Crippen LogP contribution >= 0.6 is 0 Å². The summed E-state index contributed by atoms with van der Waals surface area (Å²) in [7, 11) is 0. The van der Waals surface area contributed by atoms with E-state index in [2.05, 4.69) is 22.2 Å². The van der Waals surface area contributed by atoms with Crippen molar-refractivity contribution in [1.82, 2.24) is 15.3 Å². The maximum Gasteiger partial charge on any atom is 0.287 e. The number of hydrogen-bond donors (Lipinski definition) is 2. The van der Waals surface area contributed by atoms with Crippen LogP contribution in [0.4, 0.5) is 0 Å². The summed E-state index contributed by atoms with van der Waals surface area (Å²) in [6.07, 6.45) is 5.07.